The van der Waals surface area contributed by atoms with Crippen LogP contribution in [-0.2, 0) is 27.9 Å². The lowest BCUT2D eigenvalue weighted by Gasteiger charge is -2.15. The summed E-state index contributed by atoms with van der Waals surface area (Å²) in [6, 6.07) is 0. The van der Waals surface area contributed by atoms with Crippen molar-refractivity contribution in [2.24, 2.45) is 0 Å². The summed E-state index contributed by atoms with van der Waals surface area (Å²) in [5.74, 6) is -0.512. The van der Waals surface area contributed by atoms with Crippen LogP contribution in [0.5, 0.6) is 0 Å². The van der Waals surface area contributed by atoms with Gasteiger partial charge in [0.05, 0.1) is 13.2 Å². The van der Waals surface area contributed by atoms with Crippen molar-refractivity contribution in [3.8, 4) is 0 Å². The summed E-state index contributed by atoms with van der Waals surface area (Å²) in [5.41, 5.74) is 0. The van der Waals surface area contributed by atoms with E-state index in [0.717, 1.165) is 38.5 Å². The van der Waals surface area contributed by atoms with E-state index in [4.69, 9.17) is 13.8 Å². The Bertz CT molecular complexity index is 886. The van der Waals surface area contributed by atoms with E-state index in [-0.39, 0.29) is 32.1 Å². The van der Waals surface area contributed by atoms with Crippen molar-refractivity contribution >= 4 is 19.7 Å². The van der Waals surface area contributed by atoms with Crippen LogP contribution in [0.3, 0.4) is 0 Å². The molecule has 0 aromatic rings. The minimum absolute atomic E-state index is 0.0859. The van der Waals surface area contributed by atoms with E-state index in [1.165, 1.54) is 154 Å². The van der Waals surface area contributed by atoms with Crippen LogP contribution in [0.25, 0.3) is 0 Å². The fourth-order valence-corrected chi connectivity index (χ4v) is 7.07. The second-order valence-electron chi connectivity index (χ2n) is 15.0. The summed E-state index contributed by atoms with van der Waals surface area (Å²) >= 11 is 0. The number of nitrogens with one attached hydrogen (secondary N) is 1. The number of hydrogen-bond acceptors (Lipinski definition) is 7. The normalized spacial score (nSPS) is 13.4. The average molecular weight is 774 g/mol. The fourth-order valence-electron chi connectivity index (χ4n) is 6.32. The molecule has 0 saturated heterocycles. The maximum absolute atomic E-state index is 12.1. The smallest absolute Gasteiger partial charge is 0.463 e. The molecule has 0 fully saturated rings. The maximum Gasteiger partial charge on any atom is 0.472 e. The van der Waals surface area contributed by atoms with Gasteiger partial charge in [0.1, 0.15) is 12.7 Å². The van der Waals surface area contributed by atoms with E-state index in [9.17, 15) is 24.2 Å². The predicted octanol–water partition coefficient (Wildman–Crippen LogP) is 12.2. The summed E-state index contributed by atoms with van der Waals surface area (Å²) in [7, 11) is -4.41. The maximum atomic E-state index is 12.1. The zero-order valence-corrected chi connectivity index (χ0v) is 35.4. The van der Waals surface area contributed by atoms with Gasteiger partial charge >= 0.3 is 13.8 Å². The first-order valence-corrected chi connectivity index (χ1v) is 23.7. The Morgan fingerprint density at radius 1 is 0.566 bits per heavy atom. The van der Waals surface area contributed by atoms with Gasteiger partial charge in [0, 0.05) is 19.4 Å². The number of carbonyl (C=O) groups is 2. The molecule has 0 aliphatic carbocycles. The van der Waals surface area contributed by atoms with Gasteiger partial charge in [0.2, 0.25) is 5.91 Å². The van der Waals surface area contributed by atoms with E-state index in [1.807, 2.05) is 0 Å². The highest BCUT2D eigenvalue weighted by molar-refractivity contribution is 7.47. The monoisotopic (exact) mass is 774 g/mol. The molecule has 0 heterocycles. The standard InChI is InChI=1S/C43H84NO8P/c1-3-5-7-9-11-13-15-17-19-20-21-22-24-26-28-30-32-34-36-43(47)50-39-41(45)40-52-53(48,49)51-38-37-44-42(46)35-33-31-29-27-25-23-18-16-14-12-10-8-6-4-2/h19-20,41,45H,3-18,21-40H2,1-2H3,(H,44,46)(H,48,49)/b20-19-. The molecule has 10 heteroatoms. The minimum Gasteiger partial charge on any atom is -0.463 e. The van der Waals surface area contributed by atoms with Gasteiger partial charge in [-0.3, -0.25) is 18.6 Å². The number of hydrogen-bond donors (Lipinski definition) is 3. The van der Waals surface area contributed by atoms with Gasteiger partial charge in [0.15, 0.2) is 0 Å². The van der Waals surface area contributed by atoms with Crippen LogP contribution < -0.4 is 5.32 Å². The van der Waals surface area contributed by atoms with Crippen molar-refractivity contribution in [1.82, 2.24) is 5.32 Å². The van der Waals surface area contributed by atoms with E-state index >= 15 is 0 Å². The highest BCUT2D eigenvalue weighted by atomic mass is 31.2. The number of aliphatic hydroxyl groups is 1. The molecule has 0 aliphatic heterocycles. The molecule has 2 unspecified atom stereocenters. The van der Waals surface area contributed by atoms with Gasteiger partial charge < -0.3 is 20.1 Å². The molecule has 53 heavy (non-hydrogen) atoms. The fraction of sp³-hybridized carbons (Fsp3) is 0.907. The largest absolute Gasteiger partial charge is 0.472 e. The summed E-state index contributed by atoms with van der Waals surface area (Å²) < 4.78 is 26.9. The molecule has 1 amide bonds. The third-order valence-electron chi connectivity index (χ3n) is 9.70. The second kappa shape index (κ2) is 40.4. The zero-order chi connectivity index (χ0) is 38.9. The van der Waals surface area contributed by atoms with E-state index < -0.39 is 26.5 Å². The Morgan fingerprint density at radius 3 is 1.42 bits per heavy atom. The van der Waals surface area contributed by atoms with Crippen LogP contribution in [0.2, 0.25) is 0 Å². The van der Waals surface area contributed by atoms with Gasteiger partial charge in [0.25, 0.3) is 0 Å². The molecule has 0 spiro atoms. The average Bonchev–Trinajstić information content (AvgIpc) is 3.14. The third-order valence-corrected chi connectivity index (χ3v) is 10.7. The van der Waals surface area contributed by atoms with Crippen molar-refractivity contribution in [1.29, 1.82) is 0 Å². The molecule has 0 rings (SSSR count). The predicted molar refractivity (Wildman–Crippen MR) is 220 cm³/mol. The molecular weight excluding hydrogens is 689 g/mol. The molecule has 0 bridgehead atoms. The molecule has 0 saturated carbocycles. The van der Waals surface area contributed by atoms with Gasteiger partial charge in [-0.05, 0) is 38.5 Å². The molecule has 3 N–H and O–H groups in total. The Morgan fingerprint density at radius 2 is 0.962 bits per heavy atom. The third kappa shape index (κ3) is 41.7. The van der Waals surface area contributed by atoms with Crippen LogP contribution >= 0.6 is 7.82 Å². The second-order valence-corrected chi connectivity index (χ2v) is 16.5. The summed E-state index contributed by atoms with van der Waals surface area (Å²) in [5, 5.41) is 12.7. The number of aliphatic hydroxyl groups excluding tert-OH is 1. The molecule has 0 aromatic heterocycles. The lowest BCUT2D eigenvalue weighted by molar-refractivity contribution is -0.147. The first-order valence-electron chi connectivity index (χ1n) is 22.2. The number of rotatable bonds is 42. The molecule has 0 aromatic carbocycles. The number of ether oxygens (including phenoxy) is 1. The van der Waals surface area contributed by atoms with Crippen molar-refractivity contribution < 1.29 is 37.9 Å². The van der Waals surface area contributed by atoms with Crippen LogP contribution in [0.15, 0.2) is 12.2 Å². The summed E-state index contributed by atoms with van der Waals surface area (Å²) in [4.78, 5) is 33.9. The molecular formula is C43H84NO8P. The first kappa shape index (κ1) is 51.8. The van der Waals surface area contributed by atoms with Crippen molar-refractivity contribution in [3.63, 3.8) is 0 Å². The highest BCUT2D eigenvalue weighted by Crippen LogP contribution is 2.42. The Balaban J connectivity index is 3.57. The first-order chi connectivity index (χ1) is 25.8. The van der Waals surface area contributed by atoms with E-state index in [1.54, 1.807) is 0 Å². The van der Waals surface area contributed by atoms with Crippen molar-refractivity contribution in [2.75, 3.05) is 26.4 Å². The van der Waals surface area contributed by atoms with Crippen molar-refractivity contribution in [3.05, 3.63) is 12.2 Å². The van der Waals surface area contributed by atoms with Crippen LogP contribution in [0.4, 0.5) is 0 Å². The molecule has 314 valence electrons. The van der Waals surface area contributed by atoms with Crippen LogP contribution in [0, 0.1) is 0 Å². The lowest BCUT2D eigenvalue weighted by Crippen LogP contribution is -2.27. The number of phosphoric ester groups is 1. The van der Waals surface area contributed by atoms with Gasteiger partial charge in [-0.1, -0.05) is 180 Å². The number of allylic oxidation sites excluding steroid dienone is 2. The number of phosphoric acid groups is 1. The van der Waals surface area contributed by atoms with Crippen molar-refractivity contribution in [2.45, 2.75) is 225 Å². The molecule has 9 nitrogen and oxygen atoms in total. The number of amides is 1. The summed E-state index contributed by atoms with van der Waals surface area (Å²) in [6.45, 7) is 3.58. The van der Waals surface area contributed by atoms with Crippen LogP contribution in [0.1, 0.15) is 219 Å². The molecule has 0 aliphatic rings. The SMILES string of the molecule is CCCCCCCCC/C=C\CCCCCCCCCC(=O)OCC(O)COP(=O)(O)OCCNC(=O)CCCCCCCCCCCCCCCC. The molecule has 2 atom stereocenters. The highest BCUT2D eigenvalue weighted by Gasteiger charge is 2.23. The molecule has 0 radical (unpaired) electrons. The van der Waals surface area contributed by atoms with Gasteiger partial charge in [-0.25, -0.2) is 4.57 Å². The Labute approximate surface area is 326 Å². The van der Waals surface area contributed by atoms with Gasteiger partial charge in [-0.2, -0.15) is 0 Å². The Kier molecular flexibility index (Phi) is 39.5. The number of carbonyl (C=O) groups excluding carboxylic acids is 2. The Hall–Kier alpha value is -1.25. The quantitative estimate of drug-likeness (QED) is 0.0242. The number of esters is 1. The van der Waals surface area contributed by atoms with E-state index in [0.29, 0.717) is 6.42 Å². The van der Waals surface area contributed by atoms with E-state index in [2.05, 4.69) is 31.3 Å². The lowest BCUT2D eigenvalue weighted by atomic mass is 10.0. The zero-order valence-electron chi connectivity index (χ0n) is 34.5. The summed E-state index contributed by atoms with van der Waals surface area (Å²) in [6.07, 6.45) is 41.4. The van der Waals surface area contributed by atoms with Crippen LogP contribution in [-0.4, -0.2) is 54.3 Å². The minimum atomic E-state index is -4.41. The van der Waals surface area contributed by atoms with Gasteiger partial charge in [-0.15, -0.1) is 0 Å². The topological polar surface area (TPSA) is 131 Å². The number of unbranched alkanes of at least 4 members (excludes halogenated alkanes) is 27.